The van der Waals surface area contributed by atoms with E-state index < -0.39 is 0 Å². The lowest BCUT2D eigenvalue weighted by molar-refractivity contribution is -0.116. The van der Waals surface area contributed by atoms with Gasteiger partial charge in [0.2, 0.25) is 5.91 Å². The summed E-state index contributed by atoms with van der Waals surface area (Å²) in [5.74, 6) is 6.13. The second-order valence-corrected chi connectivity index (χ2v) is 4.47. The van der Waals surface area contributed by atoms with Gasteiger partial charge in [-0.1, -0.05) is 42.2 Å². The van der Waals surface area contributed by atoms with Crippen LogP contribution in [0, 0.1) is 11.8 Å². The standard InChI is InChI=1S/C17H17N3O/c18-11-4-7-15-10-12-19-16(13-15)20-17(21)9-8-14-5-2-1-3-6-14/h1-3,5-6,10,12-13H,8-9,11,18H2,(H,19,20,21). The number of nitrogens with zero attached hydrogens (tertiary/aromatic N) is 1. The molecule has 0 saturated carbocycles. The van der Waals surface area contributed by atoms with E-state index in [0.717, 1.165) is 11.1 Å². The van der Waals surface area contributed by atoms with Crippen LogP contribution in [-0.2, 0) is 11.2 Å². The molecule has 0 aliphatic heterocycles. The lowest BCUT2D eigenvalue weighted by atomic mass is 10.1. The third kappa shape index (κ3) is 5.09. The minimum Gasteiger partial charge on any atom is -0.320 e. The van der Waals surface area contributed by atoms with Crippen LogP contribution in [0.1, 0.15) is 17.5 Å². The fraction of sp³-hybridized carbons (Fsp3) is 0.176. The molecule has 0 saturated heterocycles. The lowest BCUT2D eigenvalue weighted by Gasteiger charge is -2.05. The van der Waals surface area contributed by atoms with E-state index in [1.165, 1.54) is 0 Å². The number of carbonyl (C=O) groups excluding carboxylic acids is 1. The molecule has 106 valence electrons. The van der Waals surface area contributed by atoms with Crippen LogP contribution in [0.4, 0.5) is 5.82 Å². The van der Waals surface area contributed by atoms with Gasteiger partial charge >= 0.3 is 0 Å². The molecule has 0 bridgehead atoms. The van der Waals surface area contributed by atoms with E-state index in [-0.39, 0.29) is 5.91 Å². The quantitative estimate of drug-likeness (QED) is 0.841. The third-order valence-corrected chi connectivity index (χ3v) is 2.85. The number of hydrogen-bond donors (Lipinski definition) is 2. The van der Waals surface area contributed by atoms with Gasteiger partial charge in [0.15, 0.2) is 0 Å². The number of pyridine rings is 1. The monoisotopic (exact) mass is 279 g/mol. The molecule has 3 N–H and O–H groups in total. The number of nitrogens with one attached hydrogen (secondary N) is 1. The maximum atomic E-state index is 11.9. The van der Waals surface area contributed by atoms with Gasteiger partial charge in [0, 0.05) is 18.2 Å². The molecule has 21 heavy (non-hydrogen) atoms. The maximum Gasteiger partial charge on any atom is 0.225 e. The molecule has 1 aromatic carbocycles. The molecule has 2 aromatic rings. The SMILES string of the molecule is NCC#Cc1ccnc(NC(=O)CCc2ccccc2)c1. The van der Waals surface area contributed by atoms with Crippen molar-refractivity contribution in [3.05, 3.63) is 59.8 Å². The highest BCUT2D eigenvalue weighted by atomic mass is 16.1. The van der Waals surface area contributed by atoms with E-state index >= 15 is 0 Å². The van der Waals surface area contributed by atoms with Crippen LogP contribution in [0.25, 0.3) is 0 Å². The Morgan fingerprint density at radius 1 is 1.24 bits per heavy atom. The highest BCUT2D eigenvalue weighted by Crippen LogP contribution is 2.08. The summed E-state index contributed by atoms with van der Waals surface area (Å²) in [6.45, 7) is 0.307. The summed E-state index contributed by atoms with van der Waals surface area (Å²) >= 11 is 0. The summed E-state index contributed by atoms with van der Waals surface area (Å²) in [4.78, 5) is 16.0. The van der Waals surface area contributed by atoms with E-state index in [2.05, 4.69) is 22.1 Å². The molecule has 0 aliphatic carbocycles. The molecular weight excluding hydrogens is 262 g/mol. The Labute approximate surface area is 124 Å². The number of carbonyl (C=O) groups is 1. The summed E-state index contributed by atoms with van der Waals surface area (Å²) in [6.07, 6.45) is 2.75. The first-order valence-corrected chi connectivity index (χ1v) is 6.76. The van der Waals surface area contributed by atoms with Crippen molar-refractivity contribution in [2.24, 2.45) is 5.73 Å². The van der Waals surface area contributed by atoms with Crippen LogP contribution in [0.5, 0.6) is 0 Å². The smallest absolute Gasteiger partial charge is 0.225 e. The molecule has 4 heteroatoms. The first-order chi connectivity index (χ1) is 10.3. The molecule has 0 spiro atoms. The molecule has 2 rings (SSSR count). The molecule has 0 unspecified atom stereocenters. The molecule has 0 atom stereocenters. The minimum atomic E-state index is -0.0599. The van der Waals surface area contributed by atoms with Gasteiger partial charge in [0.25, 0.3) is 0 Å². The van der Waals surface area contributed by atoms with Gasteiger partial charge in [-0.2, -0.15) is 0 Å². The molecule has 4 nitrogen and oxygen atoms in total. The van der Waals surface area contributed by atoms with Crippen LogP contribution in [0.3, 0.4) is 0 Å². The van der Waals surface area contributed by atoms with Gasteiger partial charge in [-0.05, 0) is 24.1 Å². The van der Waals surface area contributed by atoms with Crippen molar-refractivity contribution in [2.75, 3.05) is 11.9 Å². The van der Waals surface area contributed by atoms with E-state index in [0.29, 0.717) is 25.2 Å². The molecule has 1 amide bonds. The summed E-state index contributed by atoms with van der Waals surface area (Å²) < 4.78 is 0. The largest absolute Gasteiger partial charge is 0.320 e. The average molecular weight is 279 g/mol. The van der Waals surface area contributed by atoms with E-state index in [1.807, 2.05) is 30.3 Å². The zero-order valence-corrected chi connectivity index (χ0v) is 11.7. The Balaban J connectivity index is 1.90. The maximum absolute atomic E-state index is 11.9. The number of anilines is 1. The van der Waals surface area contributed by atoms with Crippen LogP contribution >= 0.6 is 0 Å². The summed E-state index contributed by atoms with van der Waals surface area (Å²) in [5, 5.41) is 2.78. The Kier molecular flexibility index (Phi) is 5.50. The molecule has 1 aromatic heterocycles. The van der Waals surface area contributed by atoms with E-state index in [9.17, 15) is 4.79 Å². The number of amides is 1. The van der Waals surface area contributed by atoms with Crippen molar-refractivity contribution in [1.82, 2.24) is 4.98 Å². The Hall–Kier alpha value is -2.64. The predicted octanol–water partition coefficient (Wildman–Crippen LogP) is 1.96. The van der Waals surface area contributed by atoms with Crippen molar-refractivity contribution in [3.8, 4) is 11.8 Å². The number of hydrogen-bond acceptors (Lipinski definition) is 3. The molecular formula is C17H17N3O. The van der Waals surface area contributed by atoms with Crippen LogP contribution in [-0.4, -0.2) is 17.4 Å². The predicted molar refractivity (Wildman–Crippen MR) is 83.6 cm³/mol. The second kappa shape index (κ2) is 7.83. The Bertz CT molecular complexity index is 656. The lowest BCUT2D eigenvalue weighted by Crippen LogP contribution is -2.13. The van der Waals surface area contributed by atoms with Gasteiger partial charge in [0.1, 0.15) is 5.82 Å². The summed E-state index contributed by atoms with van der Waals surface area (Å²) in [7, 11) is 0. The molecule has 1 heterocycles. The van der Waals surface area contributed by atoms with E-state index in [4.69, 9.17) is 5.73 Å². The number of aromatic nitrogens is 1. The van der Waals surface area contributed by atoms with E-state index in [1.54, 1.807) is 18.3 Å². The number of nitrogens with two attached hydrogens (primary N) is 1. The average Bonchev–Trinajstić information content (AvgIpc) is 2.52. The van der Waals surface area contributed by atoms with Crippen molar-refractivity contribution >= 4 is 11.7 Å². The Morgan fingerprint density at radius 2 is 2.05 bits per heavy atom. The van der Waals surface area contributed by atoms with Gasteiger partial charge < -0.3 is 11.1 Å². The highest BCUT2D eigenvalue weighted by molar-refractivity contribution is 5.90. The van der Waals surface area contributed by atoms with Crippen molar-refractivity contribution in [2.45, 2.75) is 12.8 Å². The highest BCUT2D eigenvalue weighted by Gasteiger charge is 2.04. The molecule has 0 aliphatic rings. The van der Waals surface area contributed by atoms with Crippen LogP contribution < -0.4 is 11.1 Å². The zero-order valence-electron chi connectivity index (χ0n) is 11.7. The topological polar surface area (TPSA) is 68.0 Å². The first kappa shape index (κ1) is 14.8. The van der Waals surface area contributed by atoms with Crippen LogP contribution in [0.15, 0.2) is 48.7 Å². The van der Waals surface area contributed by atoms with Crippen molar-refractivity contribution in [1.29, 1.82) is 0 Å². The van der Waals surface area contributed by atoms with Gasteiger partial charge in [0.05, 0.1) is 6.54 Å². The van der Waals surface area contributed by atoms with Crippen LogP contribution in [0.2, 0.25) is 0 Å². The fourth-order valence-corrected chi connectivity index (χ4v) is 1.84. The summed E-state index contributed by atoms with van der Waals surface area (Å²) in [5.41, 5.74) is 7.26. The molecule has 0 fully saturated rings. The van der Waals surface area contributed by atoms with Crippen molar-refractivity contribution < 1.29 is 4.79 Å². The second-order valence-electron chi connectivity index (χ2n) is 4.47. The third-order valence-electron chi connectivity index (χ3n) is 2.85. The fourth-order valence-electron chi connectivity index (χ4n) is 1.84. The van der Waals surface area contributed by atoms with Gasteiger partial charge in [-0.15, -0.1) is 0 Å². The summed E-state index contributed by atoms with van der Waals surface area (Å²) in [6, 6.07) is 13.4. The zero-order chi connectivity index (χ0) is 14.9. The molecule has 0 radical (unpaired) electrons. The number of aryl methyl sites for hydroxylation is 1. The van der Waals surface area contributed by atoms with Crippen molar-refractivity contribution in [3.63, 3.8) is 0 Å². The first-order valence-electron chi connectivity index (χ1n) is 6.76. The number of benzene rings is 1. The van der Waals surface area contributed by atoms with Gasteiger partial charge in [-0.3, -0.25) is 4.79 Å². The number of rotatable bonds is 4. The van der Waals surface area contributed by atoms with Gasteiger partial charge in [-0.25, -0.2) is 4.98 Å². The Morgan fingerprint density at radius 3 is 2.81 bits per heavy atom. The minimum absolute atomic E-state index is 0.0599. The normalized spacial score (nSPS) is 9.57.